The smallest absolute Gasteiger partial charge is 0.408 e. The number of methoxy groups -OCH3 is 1. The van der Waals surface area contributed by atoms with Crippen LogP contribution < -0.4 is 27.2 Å². The number of nitrogens with one attached hydrogen (secondary N) is 4. The molecule has 3 amide bonds. The Morgan fingerprint density at radius 2 is 1.62 bits per heavy atom. The zero-order valence-corrected chi connectivity index (χ0v) is 22.5. The predicted molar refractivity (Wildman–Crippen MR) is 136 cm³/mol. The SMILES string of the molecule is COC(=O)[C@H](Cc1ccccc1)NC(=O)CC(NNC(=O)[C@H](CCCCN)NC(=O)OC(C)(C)C)C(F)(F)F. The number of unbranched alkanes of at least 4 members (excludes halogenated alkanes) is 1. The van der Waals surface area contributed by atoms with E-state index in [9.17, 15) is 32.3 Å². The number of rotatable bonds is 14. The first-order valence-corrected chi connectivity index (χ1v) is 12.4. The third-order valence-electron chi connectivity index (χ3n) is 5.21. The molecule has 0 saturated carbocycles. The fourth-order valence-electron chi connectivity index (χ4n) is 3.33. The Hall–Kier alpha value is -3.39. The highest BCUT2D eigenvalue weighted by atomic mass is 19.4. The van der Waals surface area contributed by atoms with Gasteiger partial charge in [0.2, 0.25) is 5.91 Å². The molecule has 0 heterocycles. The summed E-state index contributed by atoms with van der Waals surface area (Å²) in [4.78, 5) is 49.4. The Morgan fingerprint density at radius 1 is 0.974 bits per heavy atom. The summed E-state index contributed by atoms with van der Waals surface area (Å²) in [6.45, 7) is 5.16. The number of benzene rings is 1. The summed E-state index contributed by atoms with van der Waals surface area (Å²) < 4.78 is 50.9. The van der Waals surface area contributed by atoms with Gasteiger partial charge in [-0.2, -0.15) is 13.2 Å². The van der Waals surface area contributed by atoms with E-state index in [1.165, 1.54) is 0 Å². The molecule has 0 aromatic heterocycles. The van der Waals surface area contributed by atoms with Gasteiger partial charge in [0.05, 0.1) is 13.5 Å². The molecule has 0 radical (unpaired) electrons. The number of hydrazine groups is 1. The summed E-state index contributed by atoms with van der Waals surface area (Å²) in [5.41, 5.74) is 9.02. The fourth-order valence-corrected chi connectivity index (χ4v) is 3.33. The van der Waals surface area contributed by atoms with Crippen molar-refractivity contribution in [1.29, 1.82) is 0 Å². The first-order chi connectivity index (χ1) is 18.2. The molecular weight excluding hydrogens is 523 g/mol. The standard InChI is InChI=1S/C25H38F3N5O6/c1-24(2,3)39-23(37)31-17(12-8-9-13-29)21(35)33-32-19(25(26,27)28)15-20(34)30-18(22(36)38-4)14-16-10-6-5-7-11-16/h5-7,10-11,17-19,32H,8-9,12-15,29H2,1-4H3,(H,30,34)(H,31,37)(H,33,35)/t17-,18-,19?/m0/s1. The molecule has 1 aromatic carbocycles. The van der Waals surface area contributed by atoms with Crippen LogP contribution in [0.25, 0.3) is 0 Å². The molecule has 6 N–H and O–H groups in total. The maximum Gasteiger partial charge on any atom is 0.408 e. The monoisotopic (exact) mass is 561 g/mol. The highest BCUT2D eigenvalue weighted by Gasteiger charge is 2.42. The Kier molecular flexibility index (Phi) is 13.7. The number of nitrogens with two attached hydrogens (primary N) is 1. The van der Waals surface area contributed by atoms with Crippen LogP contribution in [0.1, 0.15) is 52.0 Å². The van der Waals surface area contributed by atoms with Crippen molar-refractivity contribution >= 4 is 23.9 Å². The van der Waals surface area contributed by atoms with Crippen LogP contribution in [0.5, 0.6) is 0 Å². The second-order valence-corrected chi connectivity index (χ2v) is 9.75. The van der Waals surface area contributed by atoms with Gasteiger partial charge in [-0.3, -0.25) is 15.0 Å². The molecule has 0 saturated heterocycles. The van der Waals surface area contributed by atoms with E-state index >= 15 is 0 Å². The van der Waals surface area contributed by atoms with Crippen LogP contribution in [-0.2, 0) is 30.3 Å². The molecule has 1 unspecified atom stereocenters. The summed E-state index contributed by atoms with van der Waals surface area (Å²) in [5, 5.41) is 4.60. The zero-order chi connectivity index (χ0) is 29.6. The first kappa shape index (κ1) is 33.6. The number of halogens is 3. The topological polar surface area (TPSA) is 161 Å². The molecule has 14 heteroatoms. The van der Waals surface area contributed by atoms with Crippen molar-refractivity contribution in [3.8, 4) is 0 Å². The molecule has 1 aromatic rings. The number of ether oxygens (including phenoxy) is 2. The molecule has 0 aliphatic rings. The van der Waals surface area contributed by atoms with Gasteiger partial charge in [0.25, 0.3) is 5.91 Å². The van der Waals surface area contributed by atoms with E-state index in [1.807, 2.05) is 10.9 Å². The average Bonchev–Trinajstić information content (AvgIpc) is 2.83. The Labute approximate surface area is 225 Å². The van der Waals surface area contributed by atoms with Crippen LogP contribution in [0.4, 0.5) is 18.0 Å². The molecule has 0 fully saturated rings. The molecule has 3 atom stereocenters. The Balaban J connectivity index is 2.87. The van der Waals surface area contributed by atoms with Crippen molar-refractivity contribution in [2.75, 3.05) is 13.7 Å². The lowest BCUT2D eigenvalue weighted by Crippen LogP contribution is -2.58. The minimum Gasteiger partial charge on any atom is -0.467 e. The van der Waals surface area contributed by atoms with Crippen LogP contribution in [0.3, 0.4) is 0 Å². The molecule has 0 bridgehead atoms. The van der Waals surface area contributed by atoms with Gasteiger partial charge in [-0.15, -0.1) is 0 Å². The van der Waals surface area contributed by atoms with Crippen molar-refractivity contribution in [2.24, 2.45) is 5.73 Å². The van der Waals surface area contributed by atoms with Gasteiger partial charge in [-0.25, -0.2) is 15.0 Å². The van der Waals surface area contributed by atoms with Gasteiger partial charge < -0.3 is 25.8 Å². The highest BCUT2D eigenvalue weighted by Crippen LogP contribution is 2.22. The normalized spacial score (nSPS) is 13.9. The van der Waals surface area contributed by atoms with E-state index in [1.54, 1.807) is 51.1 Å². The molecule has 1 rings (SSSR count). The second kappa shape index (κ2) is 15.9. The van der Waals surface area contributed by atoms with Gasteiger partial charge in [0.1, 0.15) is 23.7 Å². The number of esters is 1. The number of hydrogen-bond acceptors (Lipinski definition) is 8. The summed E-state index contributed by atoms with van der Waals surface area (Å²) >= 11 is 0. The Bertz CT molecular complexity index is 940. The molecule has 0 aliphatic carbocycles. The number of amides is 3. The van der Waals surface area contributed by atoms with Crippen molar-refractivity contribution in [1.82, 2.24) is 21.5 Å². The van der Waals surface area contributed by atoms with Gasteiger partial charge in [-0.05, 0) is 52.1 Å². The van der Waals surface area contributed by atoms with Gasteiger partial charge in [-0.1, -0.05) is 30.3 Å². The number of carbonyl (C=O) groups excluding carboxylic acids is 4. The molecular formula is C25H38F3N5O6. The molecule has 220 valence electrons. The van der Waals surface area contributed by atoms with E-state index in [0.29, 0.717) is 24.9 Å². The van der Waals surface area contributed by atoms with E-state index in [2.05, 4.69) is 15.4 Å². The molecule has 0 aliphatic heterocycles. The molecule has 39 heavy (non-hydrogen) atoms. The lowest BCUT2D eigenvalue weighted by Gasteiger charge is -2.26. The van der Waals surface area contributed by atoms with Crippen molar-refractivity contribution < 1.29 is 41.8 Å². The van der Waals surface area contributed by atoms with Crippen LogP contribution >= 0.6 is 0 Å². The Morgan fingerprint density at radius 3 is 2.15 bits per heavy atom. The van der Waals surface area contributed by atoms with Crippen molar-refractivity contribution in [3.05, 3.63) is 35.9 Å². The quantitative estimate of drug-likeness (QED) is 0.131. The third kappa shape index (κ3) is 13.8. The predicted octanol–water partition coefficient (Wildman–Crippen LogP) is 1.85. The van der Waals surface area contributed by atoms with Gasteiger partial charge in [0, 0.05) is 6.42 Å². The van der Waals surface area contributed by atoms with Crippen LogP contribution in [0.2, 0.25) is 0 Å². The van der Waals surface area contributed by atoms with Crippen molar-refractivity contribution in [3.63, 3.8) is 0 Å². The summed E-state index contributed by atoms with van der Waals surface area (Å²) in [5.74, 6) is -2.90. The average molecular weight is 562 g/mol. The van der Waals surface area contributed by atoms with Gasteiger partial charge >= 0.3 is 18.2 Å². The summed E-state index contributed by atoms with van der Waals surface area (Å²) in [7, 11) is 1.09. The lowest BCUT2D eigenvalue weighted by atomic mass is 10.1. The fraction of sp³-hybridized carbons (Fsp3) is 0.600. The van der Waals surface area contributed by atoms with Crippen LogP contribution in [0, 0.1) is 0 Å². The highest BCUT2D eigenvalue weighted by molar-refractivity contribution is 5.86. The largest absolute Gasteiger partial charge is 0.467 e. The van der Waals surface area contributed by atoms with E-state index in [-0.39, 0.29) is 12.8 Å². The van der Waals surface area contributed by atoms with Crippen LogP contribution in [-0.4, -0.2) is 67.4 Å². The lowest BCUT2D eigenvalue weighted by molar-refractivity contribution is -0.165. The van der Waals surface area contributed by atoms with E-state index in [4.69, 9.17) is 10.5 Å². The number of alkyl halides is 3. The maximum atomic E-state index is 13.7. The zero-order valence-electron chi connectivity index (χ0n) is 22.5. The van der Waals surface area contributed by atoms with Crippen LogP contribution in [0.15, 0.2) is 30.3 Å². The first-order valence-electron chi connectivity index (χ1n) is 12.4. The van der Waals surface area contributed by atoms with E-state index in [0.717, 1.165) is 7.11 Å². The summed E-state index contributed by atoms with van der Waals surface area (Å²) in [6.07, 6.45) is -6.01. The minimum atomic E-state index is -4.95. The minimum absolute atomic E-state index is 0.000910. The molecule has 0 spiro atoms. The molecule has 11 nitrogen and oxygen atoms in total. The van der Waals surface area contributed by atoms with Crippen molar-refractivity contribution in [2.45, 2.75) is 82.8 Å². The number of hydrogen-bond donors (Lipinski definition) is 5. The number of alkyl carbamates (subject to hydrolysis) is 1. The second-order valence-electron chi connectivity index (χ2n) is 9.75. The maximum absolute atomic E-state index is 13.7. The third-order valence-corrected chi connectivity index (χ3v) is 5.21. The summed E-state index contributed by atoms with van der Waals surface area (Å²) in [6, 6.07) is 3.59. The van der Waals surface area contributed by atoms with E-state index < -0.39 is 60.2 Å². The number of carbonyl (C=O) groups is 4. The van der Waals surface area contributed by atoms with Gasteiger partial charge in [0.15, 0.2) is 0 Å².